The van der Waals surface area contributed by atoms with Crippen molar-refractivity contribution in [1.29, 1.82) is 0 Å². The van der Waals surface area contributed by atoms with Gasteiger partial charge in [0.2, 0.25) is 0 Å². The van der Waals surface area contributed by atoms with Gasteiger partial charge in [0.15, 0.2) is 0 Å². The molecule has 0 aliphatic heterocycles. The first-order valence-corrected chi connectivity index (χ1v) is 9.36. The fourth-order valence-electron chi connectivity index (χ4n) is 2.21. The van der Waals surface area contributed by atoms with Crippen LogP contribution in [0.2, 0.25) is 5.02 Å². The molecular weight excluding hydrogens is 396 g/mol. The molecule has 2 aromatic heterocycles. The summed E-state index contributed by atoms with van der Waals surface area (Å²) in [6.07, 6.45) is 0. The Morgan fingerprint density at radius 3 is 2.58 bits per heavy atom. The van der Waals surface area contributed by atoms with Gasteiger partial charge < -0.3 is 9.84 Å². The van der Waals surface area contributed by atoms with Gasteiger partial charge in [-0.05, 0) is 37.3 Å². The van der Waals surface area contributed by atoms with Gasteiger partial charge in [0, 0.05) is 10.1 Å². The number of carbonyl (C=O) groups excluding carboxylic acids is 1. The first-order valence-electron chi connectivity index (χ1n) is 7.35. The number of methoxy groups -OCH3 is 1. The lowest BCUT2D eigenvalue weighted by Gasteiger charge is -2.00. The van der Waals surface area contributed by atoms with Crippen LogP contribution in [0, 0.1) is 0 Å². The second-order valence-corrected chi connectivity index (χ2v) is 7.73. The highest BCUT2D eigenvalue weighted by Crippen LogP contribution is 2.37. The maximum atomic E-state index is 12.4. The minimum atomic E-state index is -0.995. The summed E-state index contributed by atoms with van der Waals surface area (Å²) in [4.78, 5) is 24.6. The zero-order valence-corrected chi connectivity index (χ0v) is 16.1. The second-order valence-electron chi connectivity index (χ2n) is 5.21. The molecule has 2 N–H and O–H groups in total. The van der Waals surface area contributed by atoms with E-state index in [-0.39, 0.29) is 4.88 Å². The first-order chi connectivity index (χ1) is 12.4. The van der Waals surface area contributed by atoms with Crippen molar-refractivity contribution in [3.05, 3.63) is 50.0 Å². The Bertz CT molecular complexity index is 1040. The average molecular weight is 409 g/mol. The number of hydrogen-bond acceptors (Lipinski definition) is 6. The number of benzene rings is 1. The molecular formula is C17H13ClN2O4S2. The molecule has 0 saturated heterocycles. The van der Waals surface area contributed by atoms with Crippen LogP contribution in [0.25, 0.3) is 10.1 Å². The Hall–Kier alpha value is -2.42. The molecule has 2 heterocycles. The fraction of sp³-hybridized carbons (Fsp3) is 0.118. The third-order valence-electron chi connectivity index (χ3n) is 3.54. The fourth-order valence-corrected chi connectivity index (χ4v) is 4.43. The van der Waals surface area contributed by atoms with E-state index in [0.717, 1.165) is 21.4 Å². The number of hydrogen-bond donors (Lipinski definition) is 2. The van der Waals surface area contributed by atoms with E-state index >= 15 is 0 Å². The molecule has 0 spiro atoms. The molecule has 0 saturated carbocycles. The molecule has 1 aromatic carbocycles. The number of thiophene rings is 2. The third kappa shape index (κ3) is 3.57. The molecule has 1 amide bonds. The number of rotatable bonds is 5. The van der Waals surface area contributed by atoms with Gasteiger partial charge in [0.25, 0.3) is 5.91 Å². The Morgan fingerprint density at radius 1 is 1.19 bits per heavy atom. The Kier molecular flexibility index (Phi) is 5.26. The second kappa shape index (κ2) is 7.45. The number of nitrogens with zero attached hydrogens (tertiary/aromatic N) is 1. The molecule has 3 aromatic rings. The summed E-state index contributed by atoms with van der Waals surface area (Å²) in [6.45, 7) is 1.69. The van der Waals surface area contributed by atoms with Crippen LogP contribution in [0.4, 0.5) is 0 Å². The number of hydrazone groups is 1. The summed E-state index contributed by atoms with van der Waals surface area (Å²) >= 11 is 8.65. The van der Waals surface area contributed by atoms with E-state index < -0.39 is 11.9 Å². The summed E-state index contributed by atoms with van der Waals surface area (Å²) < 4.78 is 6.02. The lowest BCUT2D eigenvalue weighted by molar-refractivity contribution is 0.0702. The van der Waals surface area contributed by atoms with E-state index in [0.29, 0.717) is 26.2 Å². The Morgan fingerprint density at radius 2 is 1.92 bits per heavy atom. The molecule has 0 unspecified atom stereocenters. The van der Waals surface area contributed by atoms with E-state index in [1.54, 1.807) is 32.2 Å². The zero-order valence-electron chi connectivity index (χ0n) is 13.7. The van der Waals surface area contributed by atoms with Crippen LogP contribution in [0.15, 0.2) is 35.4 Å². The van der Waals surface area contributed by atoms with E-state index in [9.17, 15) is 9.59 Å². The predicted molar refractivity (Wildman–Crippen MR) is 104 cm³/mol. The molecule has 0 radical (unpaired) electrons. The minimum absolute atomic E-state index is 0.211. The van der Waals surface area contributed by atoms with Crippen LogP contribution in [0.5, 0.6) is 5.75 Å². The van der Waals surface area contributed by atoms with Gasteiger partial charge in [-0.25, -0.2) is 10.2 Å². The monoisotopic (exact) mass is 408 g/mol. The average Bonchev–Trinajstić information content (AvgIpc) is 3.24. The van der Waals surface area contributed by atoms with Gasteiger partial charge in [-0.1, -0.05) is 11.6 Å². The summed E-state index contributed by atoms with van der Waals surface area (Å²) in [5.74, 6) is -0.738. The molecule has 3 rings (SSSR count). The van der Waals surface area contributed by atoms with Crippen LogP contribution in [0.1, 0.15) is 31.1 Å². The van der Waals surface area contributed by atoms with E-state index in [2.05, 4.69) is 10.5 Å². The Labute approximate surface area is 161 Å². The number of amides is 1. The maximum absolute atomic E-state index is 12.4. The number of nitrogens with one attached hydrogen (secondary N) is 1. The summed E-state index contributed by atoms with van der Waals surface area (Å²) in [5, 5.41) is 14.1. The highest BCUT2D eigenvalue weighted by molar-refractivity contribution is 7.21. The molecule has 0 aliphatic rings. The van der Waals surface area contributed by atoms with Gasteiger partial charge in [-0.3, -0.25) is 4.79 Å². The SMILES string of the molecule is COc1ccc2c(Cl)c(C(=O)N/N=C(\C)c3ccc(C(=O)O)s3)sc2c1. The largest absolute Gasteiger partial charge is 0.497 e. The quantitative estimate of drug-likeness (QED) is 0.481. The normalized spacial score (nSPS) is 11.6. The van der Waals surface area contributed by atoms with Crippen molar-refractivity contribution in [3.8, 4) is 5.75 Å². The lowest BCUT2D eigenvalue weighted by atomic mass is 10.2. The molecule has 0 aliphatic carbocycles. The van der Waals surface area contributed by atoms with Crippen LogP contribution in [-0.2, 0) is 0 Å². The number of aromatic carboxylic acids is 1. The van der Waals surface area contributed by atoms with Crippen molar-refractivity contribution in [1.82, 2.24) is 5.43 Å². The van der Waals surface area contributed by atoms with Crippen LogP contribution in [0.3, 0.4) is 0 Å². The van der Waals surface area contributed by atoms with Crippen molar-refractivity contribution in [2.45, 2.75) is 6.92 Å². The summed E-state index contributed by atoms with van der Waals surface area (Å²) in [7, 11) is 1.57. The third-order valence-corrected chi connectivity index (χ3v) is 6.38. The Balaban J connectivity index is 1.82. The van der Waals surface area contributed by atoms with E-state index in [1.807, 2.05) is 6.07 Å². The number of ether oxygens (including phenoxy) is 1. The smallest absolute Gasteiger partial charge is 0.345 e. The molecule has 9 heteroatoms. The summed E-state index contributed by atoms with van der Waals surface area (Å²) in [6, 6.07) is 8.55. The molecule has 0 fully saturated rings. The maximum Gasteiger partial charge on any atom is 0.345 e. The van der Waals surface area contributed by atoms with Crippen molar-refractivity contribution < 1.29 is 19.4 Å². The number of halogens is 1. The van der Waals surface area contributed by atoms with Crippen molar-refractivity contribution in [3.63, 3.8) is 0 Å². The molecule has 0 atom stereocenters. The van der Waals surface area contributed by atoms with Gasteiger partial charge in [0.1, 0.15) is 15.5 Å². The van der Waals surface area contributed by atoms with E-state index in [4.69, 9.17) is 21.4 Å². The number of fused-ring (bicyclic) bond motifs is 1. The molecule has 0 bridgehead atoms. The highest BCUT2D eigenvalue weighted by Gasteiger charge is 2.17. The van der Waals surface area contributed by atoms with Crippen LogP contribution < -0.4 is 10.2 Å². The predicted octanol–water partition coefficient (Wildman–Crippen LogP) is 4.48. The lowest BCUT2D eigenvalue weighted by Crippen LogP contribution is -2.18. The van der Waals surface area contributed by atoms with E-state index in [1.165, 1.54) is 17.4 Å². The highest BCUT2D eigenvalue weighted by atomic mass is 35.5. The summed E-state index contributed by atoms with van der Waals surface area (Å²) in [5.41, 5.74) is 2.98. The number of carboxylic acids is 1. The number of carbonyl (C=O) groups is 2. The standard InChI is InChI=1S/C17H13ClN2O4S2/c1-8(11-5-6-12(25-11)17(22)23)19-20-16(21)15-14(18)10-4-3-9(24-2)7-13(10)26-15/h3-7H,1-2H3,(H,20,21)(H,22,23)/b19-8+. The van der Waals surface area contributed by atoms with Gasteiger partial charge in [-0.2, -0.15) is 5.10 Å². The van der Waals surface area contributed by atoms with Gasteiger partial charge in [0.05, 0.1) is 22.7 Å². The topological polar surface area (TPSA) is 88.0 Å². The molecule has 134 valence electrons. The van der Waals surface area contributed by atoms with Crippen molar-refractivity contribution in [2.24, 2.45) is 5.10 Å². The molecule has 6 nitrogen and oxygen atoms in total. The van der Waals surface area contributed by atoms with Gasteiger partial charge in [-0.15, -0.1) is 22.7 Å². The van der Waals surface area contributed by atoms with Crippen molar-refractivity contribution >= 4 is 61.9 Å². The molecule has 26 heavy (non-hydrogen) atoms. The zero-order chi connectivity index (χ0) is 18.8. The van der Waals surface area contributed by atoms with Crippen molar-refractivity contribution in [2.75, 3.05) is 7.11 Å². The number of carboxylic acid groups (broad SMARTS) is 1. The van der Waals surface area contributed by atoms with Gasteiger partial charge >= 0.3 is 5.97 Å². The van der Waals surface area contributed by atoms with Crippen LogP contribution >= 0.6 is 34.3 Å². The first kappa shape index (κ1) is 18.4. The minimum Gasteiger partial charge on any atom is -0.497 e. The van der Waals surface area contributed by atoms with Crippen LogP contribution in [-0.4, -0.2) is 29.8 Å².